The smallest absolute Gasteiger partial charge is 0.325 e. The molecule has 146 valence electrons. The molecule has 0 saturated carbocycles. The van der Waals surface area contributed by atoms with Crippen molar-refractivity contribution in [3.63, 3.8) is 0 Å². The predicted octanol–water partition coefficient (Wildman–Crippen LogP) is 2.35. The van der Waals surface area contributed by atoms with E-state index in [-0.39, 0.29) is 30.9 Å². The first-order valence-corrected chi connectivity index (χ1v) is 11.7. The van der Waals surface area contributed by atoms with Gasteiger partial charge in [-0.25, -0.2) is 0 Å². The maximum absolute atomic E-state index is 11.2. The van der Waals surface area contributed by atoms with E-state index in [0.29, 0.717) is 11.3 Å². The van der Waals surface area contributed by atoms with E-state index in [1.165, 1.54) is 6.08 Å². The highest BCUT2D eigenvalue weighted by Crippen LogP contribution is 2.40. The highest BCUT2D eigenvalue weighted by Gasteiger charge is 2.30. The molecule has 2 rings (SSSR count). The number of nitrogens with one attached hydrogen (secondary N) is 1. The molecular weight excluding hydrogens is 392 g/mol. The minimum atomic E-state index is -4.22. The highest BCUT2D eigenvalue weighted by molar-refractivity contribution is 7.52. The summed E-state index contributed by atoms with van der Waals surface area (Å²) < 4.78 is 22.4. The van der Waals surface area contributed by atoms with Gasteiger partial charge in [-0.05, 0) is 36.6 Å². The molecule has 0 spiro atoms. The molecular formula is C16H21N3O6P2. The van der Waals surface area contributed by atoms with Crippen LogP contribution in [0.2, 0.25) is 0 Å². The Labute approximate surface area is 156 Å². The second kappa shape index (κ2) is 8.91. The number of para-hydroxylation sites is 1. The van der Waals surface area contributed by atoms with Gasteiger partial charge in [-0.1, -0.05) is 18.2 Å². The molecule has 0 aromatic heterocycles. The summed E-state index contributed by atoms with van der Waals surface area (Å²) in [5, 5.41) is 3.15. The molecule has 0 fully saturated rings. The summed E-state index contributed by atoms with van der Waals surface area (Å²) in [6.07, 6.45) is 2.50. The van der Waals surface area contributed by atoms with Crippen molar-refractivity contribution in [2.45, 2.75) is 12.8 Å². The third kappa shape index (κ3) is 7.37. The van der Waals surface area contributed by atoms with E-state index >= 15 is 0 Å². The maximum atomic E-state index is 11.2. The van der Waals surface area contributed by atoms with E-state index in [1.54, 1.807) is 6.08 Å². The SMILES string of the molecule is [N-]=[N+]=C1C=C(CCP(=O)(O)O)C(Nc2ccccc2)=CC1CCP(=O)(O)O. The molecule has 5 N–H and O–H groups in total. The molecule has 0 bridgehead atoms. The molecule has 1 unspecified atom stereocenters. The van der Waals surface area contributed by atoms with Crippen molar-refractivity contribution < 1.29 is 33.5 Å². The van der Waals surface area contributed by atoms with Crippen molar-refractivity contribution >= 4 is 26.6 Å². The summed E-state index contributed by atoms with van der Waals surface area (Å²) >= 11 is 0. The maximum Gasteiger partial charge on any atom is 0.325 e. The number of benzene rings is 1. The Morgan fingerprint density at radius 3 is 2.22 bits per heavy atom. The predicted molar refractivity (Wildman–Crippen MR) is 101 cm³/mol. The van der Waals surface area contributed by atoms with Gasteiger partial charge in [0.05, 0.1) is 18.2 Å². The molecule has 0 amide bonds. The lowest BCUT2D eigenvalue weighted by molar-refractivity contribution is -0.00938. The van der Waals surface area contributed by atoms with Crippen LogP contribution in [-0.4, -0.2) is 42.4 Å². The van der Waals surface area contributed by atoms with Crippen LogP contribution < -0.4 is 5.32 Å². The van der Waals surface area contributed by atoms with E-state index < -0.39 is 21.1 Å². The summed E-state index contributed by atoms with van der Waals surface area (Å²) in [6, 6.07) is 9.08. The Morgan fingerprint density at radius 1 is 1.04 bits per heavy atom. The first-order valence-electron chi connectivity index (χ1n) is 8.13. The molecule has 0 radical (unpaired) electrons. The summed E-state index contributed by atoms with van der Waals surface area (Å²) in [6.45, 7) is 0. The number of rotatable bonds is 8. The molecule has 0 heterocycles. The van der Waals surface area contributed by atoms with Gasteiger partial charge in [0.1, 0.15) is 0 Å². The van der Waals surface area contributed by atoms with E-state index in [1.807, 2.05) is 30.3 Å². The van der Waals surface area contributed by atoms with Crippen LogP contribution in [0, 0.1) is 5.92 Å². The van der Waals surface area contributed by atoms with Crippen molar-refractivity contribution in [1.82, 2.24) is 0 Å². The van der Waals surface area contributed by atoms with Crippen LogP contribution in [0.1, 0.15) is 12.8 Å². The molecule has 1 aromatic carbocycles. The third-order valence-corrected chi connectivity index (χ3v) is 5.63. The van der Waals surface area contributed by atoms with Crippen molar-refractivity contribution in [1.29, 1.82) is 0 Å². The van der Waals surface area contributed by atoms with Crippen molar-refractivity contribution in [3.05, 3.63) is 59.3 Å². The lowest BCUT2D eigenvalue weighted by Crippen LogP contribution is -2.21. The van der Waals surface area contributed by atoms with Crippen LogP contribution in [0.4, 0.5) is 5.69 Å². The van der Waals surface area contributed by atoms with Gasteiger partial charge < -0.3 is 30.4 Å². The number of hydrogen-bond acceptors (Lipinski definition) is 3. The van der Waals surface area contributed by atoms with E-state index in [0.717, 1.165) is 5.69 Å². The normalized spacial score (nSPS) is 17.8. The Kier molecular flexibility index (Phi) is 7.09. The minimum Gasteiger partial charge on any atom is -0.361 e. The van der Waals surface area contributed by atoms with Crippen LogP contribution in [0.3, 0.4) is 0 Å². The van der Waals surface area contributed by atoms with Gasteiger partial charge >= 0.3 is 15.2 Å². The van der Waals surface area contributed by atoms with E-state index in [4.69, 9.17) is 19.6 Å². The van der Waals surface area contributed by atoms with Gasteiger partial charge in [0.15, 0.2) is 0 Å². The van der Waals surface area contributed by atoms with Gasteiger partial charge in [0.2, 0.25) is 0 Å². The molecule has 0 saturated heterocycles. The van der Waals surface area contributed by atoms with Crippen LogP contribution in [0.5, 0.6) is 0 Å². The lowest BCUT2D eigenvalue weighted by Gasteiger charge is -2.21. The van der Waals surface area contributed by atoms with Crippen LogP contribution >= 0.6 is 15.2 Å². The summed E-state index contributed by atoms with van der Waals surface area (Å²) in [4.78, 5) is 39.7. The minimum absolute atomic E-state index is 0.0418. The topological polar surface area (TPSA) is 163 Å². The fourth-order valence-corrected chi connectivity index (χ4v) is 3.82. The summed E-state index contributed by atoms with van der Waals surface area (Å²) in [5.74, 6) is -0.548. The Hall–Kier alpha value is -1.82. The van der Waals surface area contributed by atoms with Crippen LogP contribution in [-0.2, 0) is 9.13 Å². The van der Waals surface area contributed by atoms with Crippen molar-refractivity contribution in [2.24, 2.45) is 5.92 Å². The zero-order chi connectivity index (χ0) is 20.1. The molecule has 1 atom stereocenters. The average Bonchev–Trinajstić information content (AvgIpc) is 2.58. The highest BCUT2D eigenvalue weighted by atomic mass is 31.2. The lowest BCUT2D eigenvalue weighted by atomic mass is 9.89. The van der Waals surface area contributed by atoms with Gasteiger partial charge in [-0.15, -0.1) is 0 Å². The molecule has 0 aliphatic heterocycles. The van der Waals surface area contributed by atoms with Gasteiger partial charge in [0, 0.05) is 17.5 Å². The number of allylic oxidation sites excluding steroid dienone is 3. The van der Waals surface area contributed by atoms with Gasteiger partial charge in [-0.3, -0.25) is 9.13 Å². The molecule has 27 heavy (non-hydrogen) atoms. The fraction of sp³-hybridized carbons (Fsp3) is 0.312. The zero-order valence-electron chi connectivity index (χ0n) is 14.3. The standard InChI is InChI=1S/C16H21N3O6P2/c17-19-16-11-12(6-8-26(20,21)22)15(18-14-4-2-1-3-5-14)10-13(16)7-9-27(23,24)25/h1-5,10-11,13,18H,6-9H2,(H2,20,21,22)(H2,23,24,25). The van der Waals surface area contributed by atoms with E-state index in [2.05, 4.69) is 10.1 Å². The van der Waals surface area contributed by atoms with E-state index in [9.17, 15) is 14.7 Å². The van der Waals surface area contributed by atoms with Crippen molar-refractivity contribution in [3.8, 4) is 0 Å². The molecule has 1 aliphatic carbocycles. The van der Waals surface area contributed by atoms with Crippen molar-refractivity contribution in [2.75, 3.05) is 17.6 Å². The van der Waals surface area contributed by atoms with Crippen LogP contribution in [0.25, 0.3) is 5.53 Å². The molecule has 11 heteroatoms. The Morgan fingerprint density at radius 2 is 1.67 bits per heavy atom. The van der Waals surface area contributed by atoms with Gasteiger partial charge in [0.25, 0.3) is 5.71 Å². The quantitative estimate of drug-likeness (QED) is 0.248. The fourth-order valence-electron chi connectivity index (χ4n) is 2.67. The second-order valence-corrected chi connectivity index (χ2v) is 9.74. The Balaban J connectivity index is 2.31. The monoisotopic (exact) mass is 413 g/mol. The summed E-state index contributed by atoms with van der Waals surface area (Å²) in [7, 11) is -8.44. The number of hydrogen-bond donors (Lipinski definition) is 5. The second-order valence-electron chi connectivity index (χ2n) is 6.19. The first kappa shape index (κ1) is 21.5. The number of anilines is 1. The first-order chi connectivity index (χ1) is 12.6. The molecule has 1 aliphatic rings. The third-order valence-electron chi connectivity index (χ3n) is 3.99. The molecule has 1 aromatic rings. The number of nitrogens with zero attached hydrogens (tertiary/aromatic N) is 2. The average molecular weight is 413 g/mol. The molecule has 9 nitrogen and oxygen atoms in total. The largest absolute Gasteiger partial charge is 0.361 e. The zero-order valence-corrected chi connectivity index (χ0v) is 16.1. The van der Waals surface area contributed by atoms with Crippen LogP contribution in [0.15, 0.2) is 53.8 Å². The summed E-state index contributed by atoms with van der Waals surface area (Å²) in [5.41, 5.74) is 11.3. The Bertz CT molecular complexity index is 881. The van der Waals surface area contributed by atoms with Gasteiger partial charge in [-0.2, -0.15) is 4.79 Å².